The van der Waals surface area contributed by atoms with Gasteiger partial charge in [0.2, 0.25) is 0 Å². The molecule has 12 heavy (non-hydrogen) atoms. The van der Waals surface area contributed by atoms with Gasteiger partial charge in [-0.1, -0.05) is 6.92 Å². The van der Waals surface area contributed by atoms with Crippen molar-refractivity contribution in [3.63, 3.8) is 0 Å². The summed E-state index contributed by atoms with van der Waals surface area (Å²) in [6, 6.07) is 0.184. The van der Waals surface area contributed by atoms with Crippen molar-refractivity contribution in [2.45, 2.75) is 26.8 Å². The summed E-state index contributed by atoms with van der Waals surface area (Å²) >= 11 is 1.83. The Morgan fingerprint density at radius 2 is 2.17 bits per heavy atom. The van der Waals surface area contributed by atoms with Crippen LogP contribution in [0.15, 0.2) is 0 Å². The number of nitrogens with one attached hydrogen (secondary N) is 2. The van der Waals surface area contributed by atoms with Gasteiger partial charge >= 0.3 is 6.03 Å². The number of hydrogen-bond donors (Lipinski definition) is 2. The summed E-state index contributed by atoms with van der Waals surface area (Å²) in [6.45, 7) is 6.71. The zero-order chi connectivity index (χ0) is 9.40. The van der Waals surface area contributed by atoms with Gasteiger partial charge in [-0.2, -0.15) is 11.8 Å². The van der Waals surface area contributed by atoms with Crippen LogP contribution >= 0.6 is 11.8 Å². The van der Waals surface area contributed by atoms with E-state index in [2.05, 4.69) is 17.6 Å². The molecule has 0 aromatic rings. The molecule has 0 aromatic heterocycles. The van der Waals surface area contributed by atoms with E-state index in [-0.39, 0.29) is 12.1 Å². The predicted octanol–water partition coefficient (Wildman–Crippen LogP) is 1.45. The van der Waals surface area contributed by atoms with Crippen molar-refractivity contribution in [3.05, 3.63) is 0 Å². The monoisotopic (exact) mass is 190 g/mol. The van der Waals surface area contributed by atoms with Gasteiger partial charge in [-0.25, -0.2) is 4.79 Å². The van der Waals surface area contributed by atoms with E-state index in [1.165, 1.54) is 0 Å². The first kappa shape index (κ1) is 11.6. The van der Waals surface area contributed by atoms with Crippen LogP contribution in [0, 0.1) is 0 Å². The van der Waals surface area contributed by atoms with E-state index < -0.39 is 0 Å². The molecule has 0 aliphatic carbocycles. The smallest absolute Gasteiger partial charge is 0.315 e. The molecular formula is C8H18N2OS. The topological polar surface area (TPSA) is 41.1 Å². The van der Waals surface area contributed by atoms with E-state index in [0.717, 1.165) is 11.5 Å². The number of urea groups is 1. The molecule has 0 aliphatic rings. The van der Waals surface area contributed by atoms with Crippen LogP contribution in [0.4, 0.5) is 4.79 Å². The van der Waals surface area contributed by atoms with E-state index in [4.69, 9.17) is 0 Å². The van der Waals surface area contributed by atoms with Crippen molar-refractivity contribution >= 4 is 17.8 Å². The second kappa shape index (κ2) is 7.28. The average Bonchev–Trinajstić information content (AvgIpc) is 2.01. The number of amides is 2. The van der Waals surface area contributed by atoms with Crippen LogP contribution in [0.3, 0.4) is 0 Å². The molecule has 0 heterocycles. The standard InChI is InChI=1S/C8H18N2OS/c1-4-9-8(11)10-7(3)6-12-5-2/h7H,4-6H2,1-3H3,(H2,9,10,11). The average molecular weight is 190 g/mol. The lowest BCUT2D eigenvalue weighted by atomic mass is 10.4. The maximum absolute atomic E-state index is 11.0. The molecule has 3 nitrogen and oxygen atoms in total. The highest BCUT2D eigenvalue weighted by molar-refractivity contribution is 7.99. The molecule has 1 atom stereocenters. The fraction of sp³-hybridized carbons (Fsp3) is 0.875. The lowest BCUT2D eigenvalue weighted by Gasteiger charge is -2.12. The van der Waals surface area contributed by atoms with Gasteiger partial charge in [0.1, 0.15) is 0 Å². The maximum atomic E-state index is 11.0. The van der Waals surface area contributed by atoms with Gasteiger partial charge in [0.25, 0.3) is 0 Å². The quantitative estimate of drug-likeness (QED) is 0.689. The zero-order valence-electron chi connectivity index (χ0n) is 8.02. The zero-order valence-corrected chi connectivity index (χ0v) is 8.83. The van der Waals surface area contributed by atoms with Crippen LogP contribution in [0.2, 0.25) is 0 Å². The molecule has 4 heteroatoms. The highest BCUT2D eigenvalue weighted by atomic mass is 32.2. The molecule has 2 amide bonds. The third-order valence-corrected chi connectivity index (χ3v) is 2.43. The first-order valence-electron chi connectivity index (χ1n) is 4.32. The highest BCUT2D eigenvalue weighted by Gasteiger charge is 2.04. The van der Waals surface area contributed by atoms with Crippen molar-refractivity contribution in [3.8, 4) is 0 Å². The van der Waals surface area contributed by atoms with Gasteiger partial charge in [-0.3, -0.25) is 0 Å². The van der Waals surface area contributed by atoms with Crippen LogP contribution in [0.5, 0.6) is 0 Å². The third-order valence-electron chi connectivity index (χ3n) is 1.29. The maximum Gasteiger partial charge on any atom is 0.315 e. The Bertz CT molecular complexity index is 130. The summed E-state index contributed by atoms with van der Waals surface area (Å²) in [5, 5.41) is 5.54. The Kier molecular flexibility index (Phi) is 7.05. The summed E-state index contributed by atoms with van der Waals surface area (Å²) in [7, 11) is 0. The van der Waals surface area contributed by atoms with Crippen LogP contribution in [-0.4, -0.2) is 30.1 Å². The molecule has 0 saturated carbocycles. The van der Waals surface area contributed by atoms with E-state index >= 15 is 0 Å². The van der Waals surface area contributed by atoms with Crippen LogP contribution in [-0.2, 0) is 0 Å². The minimum Gasteiger partial charge on any atom is -0.338 e. The molecule has 0 bridgehead atoms. The minimum absolute atomic E-state index is 0.0679. The van der Waals surface area contributed by atoms with Crippen LogP contribution in [0.1, 0.15) is 20.8 Å². The molecule has 2 N–H and O–H groups in total. The normalized spacial score (nSPS) is 12.2. The van der Waals surface area contributed by atoms with Gasteiger partial charge < -0.3 is 10.6 Å². The Hall–Kier alpha value is -0.380. The molecule has 1 unspecified atom stereocenters. The Labute approximate surface area is 78.7 Å². The van der Waals surface area contributed by atoms with E-state index in [1.807, 2.05) is 25.6 Å². The first-order chi connectivity index (χ1) is 5.70. The third kappa shape index (κ3) is 6.34. The number of carbonyl (C=O) groups is 1. The number of carbonyl (C=O) groups excluding carboxylic acids is 1. The van der Waals surface area contributed by atoms with Crippen molar-refractivity contribution in [2.75, 3.05) is 18.1 Å². The first-order valence-corrected chi connectivity index (χ1v) is 5.48. The van der Waals surface area contributed by atoms with Crippen LogP contribution < -0.4 is 10.6 Å². The van der Waals surface area contributed by atoms with Gasteiger partial charge in [-0.15, -0.1) is 0 Å². The van der Waals surface area contributed by atoms with Gasteiger partial charge in [0.05, 0.1) is 0 Å². The van der Waals surface area contributed by atoms with E-state index in [9.17, 15) is 4.79 Å². The Balaban J connectivity index is 3.40. The van der Waals surface area contributed by atoms with Crippen molar-refractivity contribution in [1.82, 2.24) is 10.6 Å². The van der Waals surface area contributed by atoms with Gasteiger partial charge in [-0.05, 0) is 19.6 Å². The predicted molar refractivity (Wildman–Crippen MR) is 54.7 cm³/mol. The molecule has 0 aliphatic heterocycles. The molecular weight excluding hydrogens is 172 g/mol. The molecule has 0 rings (SSSR count). The number of hydrogen-bond acceptors (Lipinski definition) is 2. The largest absolute Gasteiger partial charge is 0.338 e. The fourth-order valence-corrected chi connectivity index (χ4v) is 1.44. The summed E-state index contributed by atoms with van der Waals surface area (Å²) in [4.78, 5) is 11.0. The molecule has 0 fully saturated rings. The molecule has 0 aromatic carbocycles. The minimum atomic E-state index is -0.0679. The summed E-state index contributed by atoms with van der Waals surface area (Å²) < 4.78 is 0. The molecule has 72 valence electrons. The lowest BCUT2D eigenvalue weighted by molar-refractivity contribution is 0.239. The molecule has 0 radical (unpaired) electrons. The summed E-state index contributed by atoms with van der Waals surface area (Å²) in [5.74, 6) is 2.08. The molecule has 0 saturated heterocycles. The number of thioether (sulfide) groups is 1. The summed E-state index contributed by atoms with van der Waals surface area (Å²) in [6.07, 6.45) is 0. The lowest BCUT2D eigenvalue weighted by Crippen LogP contribution is -2.41. The second-order valence-corrected chi connectivity index (χ2v) is 3.88. The fourth-order valence-electron chi connectivity index (χ4n) is 0.772. The van der Waals surface area contributed by atoms with Gasteiger partial charge in [0.15, 0.2) is 0 Å². The van der Waals surface area contributed by atoms with Crippen molar-refractivity contribution in [1.29, 1.82) is 0 Å². The van der Waals surface area contributed by atoms with Crippen LogP contribution in [0.25, 0.3) is 0 Å². The number of rotatable bonds is 5. The van der Waals surface area contributed by atoms with Gasteiger partial charge in [0, 0.05) is 18.3 Å². The second-order valence-electron chi connectivity index (χ2n) is 2.56. The Morgan fingerprint density at radius 1 is 1.50 bits per heavy atom. The van der Waals surface area contributed by atoms with Crippen molar-refractivity contribution in [2.24, 2.45) is 0 Å². The SMILES string of the molecule is CCNC(=O)NC(C)CSCC. The Morgan fingerprint density at radius 3 is 2.67 bits per heavy atom. The van der Waals surface area contributed by atoms with E-state index in [1.54, 1.807) is 0 Å². The highest BCUT2D eigenvalue weighted by Crippen LogP contribution is 2.00. The van der Waals surface area contributed by atoms with Crippen molar-refractivity contribution < 1.29 is 4.79 Å². The molecule has 0 spiro atoms. The summed E-state index contributed by atoms with van der Waals surface area (Å²) in [5.41, 5.74) is 0. The van der Waals surface area contributed by atoms with E-state index in [0.29, 0.717) is 6.54 Å².